The molecule has 0 fully saturated rings. The van der Waals surface area contributed by atoms with Gasteiger partial charge in [-0.25, -0.2) is 8.42 Å². The summed E-state index contributed by atoms with van der Waals surface area (Å²) < 4.78 is 25.4. The number of aromatic nitrogens is 2. The van der Waals surface area contributed by atoms with Gasteiger partial charge in [0.25, 0.3) is 0 Å². The molecule has 9 heteroatoms. The molecular weight excluding hydrogens is 246 g/mol. The maximum atomic E-state index is 12.2. The molecule has 0 atom stereocenters. The van der Waals surface area contributed by atoms with Crippen LogP contribution in [0.5, 0.6) is 0 Å². The van der Waals surface area contributed by atoms with Crippen molar-refractivity contribution in [2.75, 3.05) is 13.1 Å². The zero-order chi connectivity index (χ0) is 13.1. The Morgan fingerprint density at radius 3 is 2.76 bits per heavy atom. The van der Waals surface area contributed by atoms with Crippen LogP contribution in [0.15, 0.2) is 16.2 Å². The minimum absolute atomic E-state index is 0.0880. The van der Waals surface area contributed by atoms with Crippen molar-refractivity contribution in [3.63, 3.8) is 0 Å². The van der Waals surface area contributed by atoms with Crippen molar-refractivity contribution in [1.29, 1.82) is 0 Å². The van der Waals surface area contributed by atoms with Gasteiger partial charge >= 0.3 is 0 Å². The Kier molecular flexibility index (Phi) is 4.07. The summed E-state index contributed by atoms with van der Waals surface area (Å²) in [6.07, 6.45) is 1.24. The van der Waals surface area contributed by atoms with Crippen LogP contribution in [-0.4, -0.2) is 47.1 Å². The third kappa shape index (κ3) is 2.74. The number of nitrogens with zero attached hydrogens (tertiary/aromatic N) is 3. The fraction of sp³-hybridized carbons (Fsp3) is 0.500. The highest BCUT2D eigenvalue weighted by Crippen LogP contribution is 2.16. The molecule has 0 amide bonds. The lowest BCUT2D eigenvalue weighted by molar-refractivity contribution is 0.315. The van der Waals surface area contributed by atoms with Gasteiger partial charge in [0.05, 0.1) is 18.4 Å². The van der Waals surface area contributed by atoms with E-state index in [1.54, 1.807) is 13.8 Å². The van der Waals surface area contributed by atoms with Crippen LogP contribution in [-0.2, 0) is 10.0 Å². The predicted octanol–water partition coefficient (Wildman–Crippen LogP) is -0.525. The van der Waals surface area contributed by atoms with Crippen molar-refractivity contribution in [3.8, 4) is 0 Å². The number of H-pyrrole nitrogens is 1. The van der Waals surface area contributed by atoms with Crippen molar-refractivity contribution in [2.24, 2.45) is 10.9 Å². The molecule has 0 radical (unpaired) electrons. The number of nitrogens with two attached hydrogens (primary N) is 1. The van der Waals surface area contributed by atoms with Crippen LogP contribution in [0, 0.1) is 6.92 Å². The van der Waals surface area contributed by atoms with Crippen LogP contribution in [0.2, 0.25) is 0 Å². The van der Waals surface area contributed by atoms with Gasteiger partial charge in [0, 0.05) is 6.54 Å². The molecule has 0 aliphatic carbocycles. The minimum atomic E-state index is -3.68. The van der Waals surface area contributed by atoms with E-state index in [4.69, 9.17) is 10.9 Å². The Bertz CT molecular complexity index is 507. The van der Waals surface area contributed by atoms with Crippen LogP contribution < -0.4 is 5.73 Å². The number of nitrogens with one attached hydrogen (secondary N) is 1. The van der Waals surface area contributed by atoms with E-state index in [0.717, 1.165) is 4.31 Å². The highest BCUT2D eigenvalue weighted by atomic mass is 32.2. The zero-order valence-corrected chi connectivity index (χ0v) is 10.4. The normalized spacial score (nSPS) is 13.2. The number of oxime groups is 1. The molecular formula is C8H15N5O3S. The smallest absolute Gasteiger partial charge is 0.246 e. The molecule has 17 heavy (non-hydrogen) atoms. The largest absolute Gasteiger partial charge is 0.409 e. The van der Waals surface area contributed by atoms with E-state index in [0.29, 0.717) is 5.69 Å². The maximum absolute atomic E-state index is 12.2. The SMILES string of the molecule is CCN(CC(N)=NO)S(=O)(=O)c1cn[nH]c1C. The van der Waals surface area contributed by atoms with Gasteiger partial charge in [-0.2, -0.15) is 9.40 Å². The number of hydrogen-bond donors (Lipinski definition) is 3. The summed E-state index contributed by atoms with van der Waals surface area (Å²) in [6, 6.07) is 0. The van der Waals surface area contributed by atoms with Crippen molar-refractivity contribution in [2.45, 2.75) is 18.7 Å². The molecule has 0 saturated heterocycles. The highest BCUT2D eigenvalue weighted by molar-refractivity contribution is 7.89. The molecule has 0 aliphatic heterocycles. The lowest BCUT2D eigenvalue weighted by atomic mass is 10.5. The molecule has 1 aromatic heterocycles. The van der Waals surface area contributed by atoms with Gasteiger partial charge < -0.3 is 10.9 Å². The summed E-state index contributed by atoms with van der Waals surface area (Å²) in [5.74, 6) is -0.170. The average Bonchev–Trinajstić information content (AvgIpc) is 2.72. The topological polar surface area (TPSA) is 125 Å². The Hall–Kier alpha value is -1.61. The Labute approximate surface area is 99.2 Å². The number of sulfonamides is 1. The molecule has 1 heterocycles. The fourth-order valence-corrected chi connectivity index (χ4v) is 2.86. The summed E-state index contributed by atoms with van der Waals surface area (Å²) in [4.78, 5) is 0.0880. The van der Waals surface area contributed by atoms with E-state index in [-0.39, 0.29) is 23.8 Å². The highest BCUT2D eigenvalue weighted by Gasteiger charge is 2.26. The molecule has 1 aromatic rings. The molecule has 0 unspecified atom stereocenters. The van der Waals surface area contributed by atoms with Gasteiger partial charge in [-0.3, -0.25) is 5.10 Å². The lowest BCUT2D eigenvalue weighted by Crippen LogP contribution is -2.38. The Balaban J connectivity index is 3.08. The summed E-state index contributed by atoms with van der Waals surface area (Å²) in [5, 5.41) is 17.4. The molecule has 96 valence electrons. The van der Waals surface area contributed by atoms with E-state index < -0.39 is 10.0 Å². The molecule has 0 aromatic carbocycles. The van der Waals surface area contributed by atoms with Crippen molar-refractivity contribution < 1.29 is 13.6 Å². The van der Waals surface area contributed by atoms with Gasteiger partial charge in [0.15, 0.2) is 5.84 Å². The van der Waals surface area contributed by atoms with E-state index in [1.165, 1.54) is 6.20 Å². The average molecular weight is 261 g/mol. The molecule has 1 rings (SSSR count). The van der Waals surface area contributed by atoms with Crippen molar-refractivity contribution in [3.05, 3.63) is 11.9 Å². The van der Waals surface area contributed by atoms with Crippen LogP contribution in [0.25, 0.3) is 0 Å². The second-order valence-corrected chi connectivity index (χ2v) is 5.29. The molecule has 8 nitrogen and oxygen atoms in total. The summed E-state index contributed by atoms with van der Waals surface area (Å²) >= 11 is 0. The first-order chi connectivity index (χ1) is 7.93. The number of rotatable bonds is 5. The van der Waals surface area contributed by atoms with Gasteiger partial charge in [-0.1, -0.05) is 12.1 Å². The first-order valence-corrected chi connectivity index (χ1v) is 6.34. The summed E-state index contributed by atoms with van der Waals surface area (Å²) in [7, 11) is -3.68. The molecule has 4 N–H and O–H groups in total. The third-order valence-electron chi connectivity index (χ3n) is 2.22. The van der Waals surface area contributed by atoms with E-state index >= 15 is 0 Å². The Morgan fingerprint density at radius 1 is 1.71 bits per heavy atom. The molecule has 0 saturated carbocycles. The van der Waals surface area contributed by atoms with Crippen LogP contribution in [0.3, 0.4) is 0 Å². The monoisotopic (exact) mass is 261 g/mol. The van der Waals surface area contributed by atoms with Crippen LogP contribution >= 0.6 is 0 Å². The first kappa shape index (κ1) is 13.5. The Morgan fingerprint density at radius 2 is 2.35 bits per heavy atom. The van der Waals surface area contributed by atoms with Gasteiger partial charge in [0.1, 0.15) is 4.90 Å². The molecule has 0 aliphatic rings. The standard InChI is InChI=1S/C8H15N5O3S/c1-3-13(5-8(9)12-14)17(15,16)7-4-10-11-6(7)2/h4,14H,3,5H2,1-2H3,(H2,9,12)(H,10,11). The number of likely N-dealkylation sites (N-methyl/N-ethyl adjacent to an activating group) is 1. The molecule has 0 bridgehead atoms. The second-order valence-electron chi connectivity index (χ2n) is 3.38. The van der Waals surface area contributed by atoms with Gasteiger partial charge in [-0.15, -0.1) is 0 Å². The summed E-state index contributed by atoms with van der Waals surface area (Å²) in [5.41, 5.74) is 5.76. The maximum Gasteiger partial charge on any atom is 0.246 e. The second kappa shape index (κ2) is 5.15. The predicted molar refractivity (Wildman–Crippen MR) is 61.2 cm³/mol. The molecule has 0 spiro atoms. The van der Waals surface area contributed by atoms with Crippen LogP contribution in [0.1, 0.15) is 12.6 Å². The minimum Gasteiger partial charge on any atom is -0.409 e. The summed E-state index contributed by atoms with van der Waals surface area (Å²) in [6.45, 7) is 3.32. The van der Waals surface area contributed by atoms with Crippen molar-refractivity contribution >= 4 is 15.9 Å². The van der Waals surface area contributed by atoms with E-state index in [9.17, 15) is 8.42 Å². The number of hydrogen-bond acceptors (Lipinski definition) is 5. The van der Waals surface area contributed by atoms with Crippen LogP contribution in [0.4, 0.5) is 0 Å². The number of aromatic amines is 1. The fourth-order valence-electron chi connectivity index (χ4n) is 1.32. The number of aryl methyl sites for hydroxylation is 1. The van der Waals surface area contributed by atoms with Crippen molar-refractivity contribution in [1.82, 2.24) is 14.5 Å². The number of amidine groups is 1. The van der Waals surface area contributed by atoms with E-state index in [1.807, 2.05) is 0 Å². The third-order valence-corrected chi connectivity index (χ3v) is 4.26. The zero-order valence-electron chi connectivity index (χ0n) is 9.58. The quantitative estimate of drug-likeness (QED) is 0.284. The van der Waals surface area contributed by atoms with Gasteiger partial charge in [-0.05, 0) is 6.92 Å². The van der Waals surface area contributed by atoms with E-state index in [2.05, 4.69) is 15.4 Å². The first-order valence-electron chi connectivity index (χ1n) is 4.90. The van der Waals surface area contributed by atoms with Gasteiger partial charge in [0.2, 0.25) is 10.0 Å². The lowest BCUT2D eigenvalue weighted by Gasteiger charge is -2.18.